The van der Waals surface area contributed by atoms with E-state index in [1.54, 1.807) is 7.05 Å². The Balaban J connectivity index is 1.64. The summed E-state index contributed by atoms with van der Waals surface area (Å²) in [7, 11) is -1.98. The fraction of sp³-hybridized carbons (Fsp3) is 0.250. The van der Waals surface area contributed by atoms with Crippen LogP contribution in [0.2, 0.25) is 0 Å². The number of amides is 1. The van der Waals surface area contributed by atoms with Crippen molar-refractivity contribution in [3.63, 3.8) is 0 Å². The van der Waals surface area contributed by atoms with Gasteiger partial charge in [-0.3, -0.25) is 14.5 Å². The number of halogens is 3. The number of nitrogens with one attached hydrogen (secondary N) is 4. The zero-order valence-corrected chi connectivity index (χ0v) is 20.6. The van der Waals surface area contributed by atoms with Crippen LogP contribution < -0.4 is 20.7 Å². The number of hydrogen-bond donors (Lipinski definition) is 5. The van der Waals surface area contributed by atoms with Gasteiger partial charge in [-0.15, -0.1) is 0 Å². The van der Waals surface area contributed by atoms with Crippen molar-refractivity contribution in [2.75, 3.05) is 42.5 Å². The number of hydrogen-bond acceptors (Lipinski definition) is 7. The Kier molecular flexibility index (Phi) is 9.08. The molecule has 1 amide bonds. The molecular formula is C24H26F3N5O4S. The predicted octanol–water partition coefficient (Wildman–Crippen LogP) is 3.28. The Morgan fingerprint density at radius 1 is 1.00 bits per heavy atom. The Morgan fingerprint density at radius 3 is 2.35 bits per heavy atom. The molecule has 0 unspecified atom stereocenters. The number of sulfonamides is 1. The van der Waals surface area contributed by atoms with E-state index in [0.717, 1.165) is 12.1 Å². The second-order valence-electron chi connectivity index (χ2n) is 7.97. The van der Waals surface area contributed by atoms with Gasteiger partial charge in [0.2, 0.25) is 10.0 Å². The molecule has 0 saturated heterocycles. The van der Waals surface area contributed by atoms with E-state index >= 15 is 0 Å². The molecule has 0 spiro atoms. The number of phenols is 1. The lowest BCUT2D eigenvalue weighted by Gasteiger charge is -2.12. The number of benzene rings is 2. The van der Waals surface area contributed by atoms with Crippen molar-refractivity contribution in [1.29, 1.82) is 0 Å². The maximum atomic E-state index is 12.7. The van der Waals surface area contributed by atoms with Crippen molar-refractivity contribution in [2.24, 2.45) is 0 Å². The van der Waals surface area contributed by atoms with Crippen LogP contribution in [0.15, 0.2) is 60.8 Å². The molecule has 198 valence electrons. The van der Waals surface area contributed by atoms with E-state index < -0.39 is 27.7 Å². The van der Waals surface area contributed by atoms with Gasteiger partial charge < -0.3 is 21.1 Å². The monoisotopic (exact) mass is 537 g/mol. The fourth-order valence-electron chi connectivity index (χ4n) is 3.19. The third-order valence-corrected chi connectivity index (χ3v) is 6.43. The molecular weight excluding hydrogens is 511 g/mol. The van der Waals surface area contributed by atoms with E-state index in [1.165, 1.54) is 48.7 Å². The Labute approximate surface area is 212 Å². The second kappa shape index (κ2) is 12.0. The van der Waals surface area contributed by atoms with Crippen LogP contribution in [0.3, 0.4) is 0 Å². The minimum atomic E-state index is -4.44. The lowest BCUT2D eigenvalue weighted by molar-refractivity contribution is -0.137. The number of aromatic nitrogens is 1. The third kappa shape index (κ3) is 8.17. The molecule has 1 heterocycles. The molecule has 13 heteroatoms. The van der Waals surface area contributed by atoms with Gasteiger partial charge in [-0.25, -0.2) is 8.42 Å². The first-order valence-corrected chi connectivity index (χ1v) is 12.8. The highest BCUT2D eigenvalue weighted by Crippen LogP contribution is 2.31. The smallest absolute Gasteiger partial charge is 0.416 e. The number of alkyl halides is 3. The summed E-state index contributed by atoms with van der Waals surface area (Å²) in [6, 6.07) is 11.4. The quantitative estimate of drug-likeness (QED) is 0.144. The largest absolute Gasteiger partial charge is 0.506 e. The summed E-state index contributed by atoms with van der Waals surface area (Å²) in [5.41, 5.74) is 0.352. The molecule has 37 heavy (non-hydrogen) atoms. The van der Waals surface area contributed by atoms with Gasteiger partial charge >= 0.3 is 6.18 Å². The molecule has 0 aliphatic carbocycles. The van der Waals surface area contributed by atoms with E-state index in [0.29, 0.717) is 24.3 Å². The zero-order valence-electron chi connectivity index (χ0n) is 19.8. The number of pyridine rings is 1. The normalized spacial score (nSPS) is 11.8. The molecule has 3 aromatic rings. The summed E-state index contributed by atoms with van der Waals surface area (Å²) in [6.45, 7) is 1.49. The van der Waals surface area contributed by atoms with Crippen LogP contribution in [0.25, 0.3) is 11.3 Å². The summed E-state index contributed by atoms with van der Waals surface area (Å²) in [5.74, 6) is -1.09. The van der Waals surface area contributed by atoms with E-state index in [9.17, 15) is 31.5 Å². The number of anilines is 2. The summed E-state index contributed by atoms with van der Waals surface area (Å²) in [6.07, 6.45) is -3.17. The van der Waals surface area contributed by atoms with Gasteiger partial charge in [-0.1, -0.05) is 12.1 Å². The van der Waals surface area contributed by atoms with E-state index in [4.69, 9.17) is 0 Å². The lowest BCUT2D eigenvalue weighted by Crippen LogP contribution is -2.31. The minimum Gasteiger partial charge on any atom is -0.506 e. The maximum absolute atomic E-state index is 12.7. The number of aromatic hydroxyl groups is 1. The molecule has 0 fully saturated rings. The molecule has 2 aromatic carbocycles. The van der Waals surface area contributed by atoms with Crippen LogP contribution >= 0.6 is 0 Å². The highest BCUT2D eigenvalue weighted by Gasteiger charge is 2.30. The van der Waals surface area contributed by atoms with Gasteiger partial charge in [-0.2, -0.15) is 13.2 Å². The van der Waals surface area contributed by atoms with Crippen LogP contribution in [-0.4, -0.2) is 56.9 Å². The standard InChI is InChI=1S/C24H26F3N5O4S/c1-28-10-11-29-12-13-37(35,36)32-21-14-19(7-9-22(21)33)31-23(34)17-4-8-20(30-15-17)16-2-5-18(6-3-16)24(25,26)27/h2-9,14-15,28-29,32-33H,10-13H2,1H3,(H,31,34). The van der Waals surface area contributed by atoms with E-state index in [2.05, 4.69) is 25.7 Å². The van der Waals surface area contributed by atoms with Crippen molar-refractivity contribution >= 4 is 27.3 Å². The number of likely N-dealkylation sites (N-methyl/N-ethyl adjacent to an activating group) is 1. The lowest BCUT2D eigenvalue weighted by atomic mass is 10.1. The summed E-state index contributed by atoms with van der Waals surface area (Å²) in [5, 5.41) is 18.5. The zero-order chi connectivity index (χ0) is 27.1. The van der Waals surface area contributed by atoms with Gasteiger partial charge in [0.05, 0.1) is 28.3 Å². The van der Waals surface area contributed by atoms with Gasteiger partial charge in [0.25, 0.3) is 5.91 Å². The van der Waals surface area contributed by atoms with Crippen molar-refractivity contribution in [3.05, 3.63) is 71.9 Å². The molecule has 0 aliphatic heterocycles. The molecule has 0 bridgehead atoms. The molecule has 0 aliphatic rings. The molecule has 3 rings (SSSR count). The van der Waals surface area contributed by atoms with E-state index in [-0.39, 0.29) is 35.0 Å². The van der Waals surface area contributed by atoms with Crippen LogP contribution in [0.5, 0.6) is 5.75 Å². The van der Waals surface area contributed by atoms with E-state index in [1.807, 2.05) is 0 Å². The van der Waals surface area contributed by atoms with Crippen molar-refractivity contribution < 1.29 is 31.5 Å². The number of nitrogens with zero attached hydrogens (tertiary/aromatic N) is 1. The highest BCUT2D eigenvalue weighted by molar-refractivity contribution is 7.92. The summed E-state index contributed by atoms with van der Waals surface area (Å²) < 4.78 is 65.2. The Morgan fingerprint density at radius 2 is 1.73 bits per heavy atom. The predicted molar refractivity (Wildman–Crippen MR) is 135 cm³/mol. The molecule has 0 atom stereocenters. The Hall–Kier alpha value is -3.68. The first kappa shape index (κ1) is 27.9. The van der Waals surface area contributed by atoms with Gasteiger partial charge in [0.15, 0.2) is 0 Å². The number of rotatable bonds is 11. The molecule has 5 N–H and O–H groups in total. The van der Waals surface area contributed by atoms with Crippen LogP contribution in [0.1, 0.15) is 15.9 Å². The number of carbonyl (C=O) groups excluding carboxylic acids is 1. The summed E-state index contributed by atoms with van der Waals surface area (Å²) in [4.78, 5) is 16.8. The Bertz CT molecular complexity index is 1320. The van der Waals surface area contributed by atoms with Crippen molar-refractivity contribution in [2.45, 2.75) is 6.18 Å². The average molecular weight is 538 g/mol. The molecule has 1 aromatic heterocycles. The molecule has 0 saturated carbocycles. The first-order valence-electron chi connectivity index (χ1n) is 11.1. The van der Waals surface area contributed by atoms with Crippen LogP contribution in [0.4, 0.5) is 24.5 Å². The van der Waals surface area contributed by atoms with Crippen LogP contribution in [-0.2, 0) is 16.2 Å². The topological polar surface area (TPSA) is 132 Å². The summed E-state index contributed by atoms with van der Waals surface area (Å²) >= 11 is 0. The molecule has 0 radical (unpaired) electrons. The van der Waals surface area contributed by atoms with Gasteiger partial charge in [0.1, 0.15) is 5.75 Å². The minimum absolute atomic E-state index is 0.0937. The maximum Gasteiger partial charge on any atom is 0.416 e. The van der Waals surface area contributed by atoms with Gasteiger partial charge in [-0.05, 0) is 49.5 Å². The second-order valence-corrected chi connectivity index (χ2v) is 9.81. The number of phenolic OH excluding ortho intramolecular Hbond substituents is 1. The molecule has 9 nitrogen and oxygen atoms in total. The fourth-order valence-corrected chi connectivity index (χ4v) is 4.20. The third-order valence-electron chi connectivity index (χ3n) is 5.15. The first-order chi connectivity index (χ1) is 17.5. The SMILES string of the molecule is CNCCNCCS(=O)(=O)Nc1cc(NC(=O)c2ccc(-c3ccc(C(F)(F)F)cc3)nc2)ccc1O. The van der Waals surface area contributed by atoms with Crippen LogP contribution in [0, 0.1) is 0 Å². The number of carbonyl (C=O) groups is 1. The van der Waals surface area contributed by atoms with Gasteiger partial charge in [0, 0.05) is 37.1 Å². The van der Waals surface area contributed by atoms with Crippen molar-refractivity contribution in [1.82, 2.24) is 15.6 Å². The average Bonchev–Trinajstić information content (AvgIpc) is 2.85. The van der Waals surface area contributed by atoms with Crippen molar-refractivity contribution in [3.8, 4) is 17.0 Å². The highest BCUT2D eigenvalue weighted by atomic mass is 32.2.